The van der Waals surface area contributed by atoms with E-state index in [0.717, 1.165) is 48.0 Å². The summed E-state index contributed by atoms with van der Waals surface area (Å²) >= 11 is 5.43. The maximum atomic E-state index is 5.57. The van der Waals surface area contributed by atoms with Crippen LogP contribution in [0.4, 0.5) is 0 Å². The zero-order valence-corrected chi connectivity index (χ0v) is 14.5. The van der Waals surface area contributed by atoms with Gasteiger partial charge in [-0.3, -0.25) is 0 Å². The van der Waals surface area contributed by atoms with Gasteiger partial charge >= 0.3 is 0 Å². The highest BCUT2D eigenvalue weighted by molar-refractivity contribution is 7.80. The molecule has 0 saturated heterocycles. The molecule has 4 heteroatoms. The van der Waals surface area contributed by atoms with Gasteiger partial charge < -0.3 is 14.8 Å². The maximum Gasteiger partial charge on any atom is 0.119 e. The number of hydrogen-bond acceptors (Lipinski definition) is 3. The largest absolute Gasteiger partial charge is 0.497 e. The number of nitrogens with one attached hydrogen (secondary N) is 1. The van der Waals surface area contributed by atoms with Crippen molar-refractivity contribution in [1.29, 1.82) is 0 Å². The van der Waals surface area contributed by atoms with Crippen LogP contribution >= 0.6 is 12.2 Å². The van der Waals surface area contributed by atoms with E-state index in [1.807, 2.05) is 36.4 Å². The Morgan fingerprint density at radius 2 is 1.65 bits per heavy atom. The number of ether oxygens (including phenoxy) is 2. The predicted octanol–water partition coefficient (Wildman–Crippen LogP) is 3.99. The molecule has 0 heterocycles. The minimum atomic E-state index is 0.740. The molecule has 0 radical (unpaired) electrons. The van der Waals surface area contributed by atoms with Gasteiger partial charge in [-0.2, -0.15) is 0 Å². The van der Waals surface area contributed by atoms with Crippen LogP contribution in [0.3, 0.4) is 0 Å². The Balaban J connectivity index is 1.79. The van der Waals surface area contributed by atoms with Crippen LogP contribution in [0.15, 0.2) is 48.5 Å². The highest BCUT2D eigenvalue weighted by atomic mass is 32.1. The number of methoxy groups -OCH3 is 1. The molecule has 0 aromatic heterocycles. The first kappa shape index (κ1) is 17.3. The van der Waals surface area contributed by atoms with Crippen molar-refractivity contribution in [2.45, 2.75) is 19.8 Å². The third-order valence-electron chi connectivity index (χ3n) is 3.45. The molecule has 122 valence electrons. The van der Waals surface area contributed by atoms with Crippen LogP contribution in [-0.2, 0) is 6.42 Å². The van der Waals surface area contributed by atoms with E-state index in [-0.39, 0.29) is 0 Å². The first-order chi connectivity index (χ1) is 11.2. The Hall–Kier alpha value is -2.07. The molecular weight excluding hydrogens is 306 g/mol. The molecule has 2 aromatic rings. The molecule has 0 saturated carbocycles. The van der Waals surface area contributed by atoms with Gasteiger partial charge in [0.25, 0.3) is 0 Å². The Bertz CT molecular complexity index is 608. The Morgan fingerprint density at radius 1 is 1.00 bits per heavy atom. The standard InChI is InChI=1S/C19H23NO2S/c1-3-14-22-18-10-6-16(7-11-18)19(23)20-13-12-15-4-8-17(21-2)9-5-15/h4-11H,3,12-14H2,1-2H3,(H,20,23). The third-order valence-corrected chi connectivity index (χ3v) is 3.83. The van der Waals surface area contributed by atoms with Crippen LogP contribution in [0, 0.1) is 0 Å². The van der Waals surface area contributed by atoms with Gasteiger partial charge in [-0.05, 0) is 54.8 Å². The van der Waals surface area contributed by atoms with Gasteiger partial charge in [-0.15, -0.1) is 0 Å². The van der Waals surface area contributed by atoms with Crippen LogP contribution in [0.25, 0.3) is 0 Å². The van der Waals surface area contributed by atoms with E-state index >= 15 is 0 Å². The van der Waals surface area contributed by atoms with E-state index in [1.165, 1.54) is 5.56 Å². The predicted molar refractivity (Wildman–Crippen MR) is 98.6 cm³/mol. The molecule has 0 aliphatic carbocycles. The average molecular weight is 329 g/mol. The van der Waals surface area contributed by atoms with Gasteiger partial charge in [-0.25, -0.2) is 0 Å². The molecule has 0 spiro atoms. The van der Waals surface area contributed by atoms with Crippen LogP contribution < -0.4 is 14.8 Å². The molecule has 23 heavy (non-hydrogen) atoms. The van der Waals surface area contributed by atoms with Gasteiger partial charge in [0.2, 0.25) is 0 Å². The lowest BCUT2D eigenvalue weighted by molar-refractivity contribution is 0.317. The Morgan fingerprint density at radius 3 is 2.26 bits per heavy atom. The van der Waals surface area contributed by atoms with Crippen LogP contribution in [0.1, 0.15) is 24.5 Å². The van der Waals surface area contributed by atoms with Gasteiger partial charge in [0, 0.05) is 12.1 Å². The zero-order valence-electron chi connectivity index (χ0n) is 13.7. The molecule has 0 amide bonds. The van der Waals surface area contributed by atoms with Crippen molar-refractivity contribution in [3.8, 4) is 11.5 Å². The molecule has 0 fully saturated rings. The van der Waals surface area contributed by atoms with E-state index in [4.69, 9.17) is 21.7 Å². The fraction of sp³-hybridized carbons (Fsp3) is 0.316. The van der Waals surface area contributed by atoms with E-state index in [1.54, 1.807) is 7.11 Å². The maximum absolute atomic E-state index is 5.57. The molecule has 3 nitrogen and oxygen atoms in total. The van der Waals surface area contributed by atoms with Crippen molar-refractivity contribution in [1.82, 2.24) is 5.32 Å². The van der Waals surface area contributed by atoms with Gasteiger partial charge in [0.15, 0.2) is 0 Å². The third kappa shape index (κ3) is 5.57. The van der Waals surface area contributed by atoms with E-state index < -0.39 is 0 Å². The summed E-state index contributed by atoms with van der Waals surface area (Å²) in [6.45, 7) is 3.64. The highest BCUT2D eigenvalue weighted by Gasteiger charge is 2.02. The SMILES string of the molecule is CCCOc1ccc(C(=S)NCCc2ccc(OC)cc2)cc1. The molecular formula is C19H23NO2S. The lowest BCUT2D eigenvalue weighted by Crippen LogP contribution is -2.24. The molecule has 2 rings (SSSR count). The normalized spacial score (nSPS) is 10.2. The molecule has 1 N–H and O–H groups in total. The summed E-state index contributed by atoms with van der Waals surface area (Å²) in [5, 5.41) is 3.30. The zero-order chi connectivity index (χ0) is 16.5. The Kier molecular flexibility index (Phi) is 6.88. The topological polar surface area (TPSA) is 30.5 Å². The van der Waals surface area contributed by atoms with E-state index in [2.05, 4.69) is 24.4 Å². The summed E-state index contributed by atoms with van der Waals surface area (Å²) in [5.41, 5.74) is 2.27. The van der Waals surface area contributed by atoms with Crippen molar-refractivity contribution in [3.05, 3.63) is 59.7 Å². The molecule has 0 unspecified atom stereocenters. The number of benzene rings is 2. The fourth-order valence-electron chi connectivity index (χ4n) is 2.14. The number of hydrogen-bond donors (Lipinski definition) is 1. The van der Waals surface area contributed by atoms with Crippen molar-refractivity contribution in [3.63, 3.8) is 0 Å². The summed E-state index contributed by atoms with van der Waals surface area (Å²) in [5.74, 6) is 1.76. The summed E-state index contributed by atoms with van der Waals surface area (Å²) in [7, 11) is 1.67. The second kappa shape index (κ2) is 9.16. The minimum absolute atomic E-state index is 0.740. The minimum Gasteiger partial charge on any atom is -0.497 e. The number of thiocarbonyl (C=S) groups is 1. The second-order valence-electron chi connectivity index (χ2n) is 5.23. The van der Waals surface area contributed by atoms with Crippen LogP contribution in [-0.4, -0.2) is 25.2 Å². The lowest BCUT2D eigenvalue weighted by Gasteiger charge is -2.10. The summed E-state index contributed by atoms with van der Waals surface area (Å²) in [6.07, 6.45) is 1.93. The van der Waals surface area contributed by atoms with Gasteiger partial charge in [0.1, 0.15) is 16.5 Å². The van der Waals surface area contributed by atoms with Gasteiger partial charge in [0.05, 0.1) is 13.7 Å². The van der Waals surface area contributed by atoms with Crippen LogP contribution in [0.2, 0.25) is 0 Å². The number of rotatable bonds is 8. The molecule has 0 aliphatic heterocycles. The quantitative estimate of drug-likeness (QED) is 0.742. The summed E-state index contributed by atoms with van der Waals surface area (Å²) < 4.78 is 10.7. The lowest BCUT2D eigenvalue weighted by atomic mass is 10.1. The van der Waals surface area contributed by atoms with Gasteiger partial charge in [-0.1, -0.05) is 31.3 Å². The molecule has 0 aliphatic rings. The van der Waals surface area contributed by atoms with Crippen molar-refractivity contribution in [2.75, 3.05) is 20.3 Å². The Labute approximate surface area is 143 Å². The van der Waals surface area contributed by atoms with E-state index in [0.29, 0.717) is 0 Å². The first-order valence-electron chi connectivity index (χ1n) is 7.87. The van der Waals surface area contributed by atoms with Crippen molar-refractivity contribution in [2.24, 2.45) is 0 Å². The monoisotopic (exact) mass is 329 g/mol. The van der Waals surface area contributed by atoms with E-state index in [9.17, 15) is 0 Å². The summed E-state index contributed by atoms with van der Waals surface area (Å²) in [4.78, 5) is 0.764. The molecule has 0 atom stereocenters. The molecule has 0 bridgehead atoms. The smallest absolute Gasteiger partial charge is 0.119 e. The fourth-order valence-corrected chi connectivity index (χ4v) is 2.38. The first-order valence-corrected chi connectivity index (χ1v) is 8.27. The second-order valence-corrected chi connectivity index (χ2v) is 5.64. The molecule has 2 aromatic carbocycles. The van der Waals surface area contributed by atoms with Crippen molar-refractivity contribution < 1.29 is 9.47 Å². The van der Waals surface area contributed by atoms with Crippen molar-refractivity contribution >= 4 is 17.2 Å². The highest BCUT2D eigenvalue weighted by Crippen LogP contribution is 2.13. The van der Waals surface area contributed by atoms with Crippen LogP contribution in [0.5, 0.6) is 11.5 Å². The average Bonchev–Trinajstić information content (AvgIpc) is 2.61. The summed E-state index contributed by atoms with van der Waals surface area (Å²) in [6, 6.07) is 16.0.